The van der Waals surface area contributed by atoms with Gasteiger partial charge in [-0.2, -0.15) is 10.2 Å². The summed E-state index contributed by atoms with van der Waals surface area (Å²) in [6.07, 6.45) is 0.985. The minimum absolute atomic E-state index is 0.125. The number of fused-ring (bicyclic) bond motifs is 2. The molecule has 0 unspecified atom stereocenters. The van der Waals surface area contributed by atoms with Crippen LogP contribution >= 0.6 is 0 Å². The van der Waals surface area contributed by atoms with Gasteiger partial charge < -0.3 is 14.3 Å². The number of amides is 1. The number of aryl methyl sites for hydroxylation is 2. The van der Waals surface area contributed by atoms with Crippen molar-refractivity contribution in [3.05, 3.63) is 71.0 Å². The van der Waals surface area contributed by atoms with Crippen LogP contribution in [0, 0.1) is 6.92 Å². The van der Waals surface area contributed by atoms with Gasteiger partial charge in [0.1, 0.15) is 11.7 Å². The van der Waals surface area contributed by atoms with Gasteiger partial charge in [0, 0.05) is 43.2 Å². The van der Waals surface area contributed by atoms with E-state index in [1.807, 2.05) is 6.92 Å². The fourth-order valence-electron chi connectivity index (χ4n) is 4.37. The number of nitrogens with one attached hydrogen (secondary N) is 1. The molecule has 1 atom stereocenters. The van der Waals surface area contributed by atoms with Crippen molar-refractivity contribution in [2.45, 2.75) is 25.8 Å². The Hall–Kier alpha value is -4.42. The number of halogens is 2. The molecule has 6 rings (SSSR count). The number of H-pyrrole nitrogens is 1. The molecule has 1 aliphatic rings. The molecular formula is C22H19F2N9O2. The predicted molar refractivity (Wildman–Crippen MR) is 117 cm³/mol. The lowest BCUT2D eigenvalue weighted by molar-refractivity contribution is 0.0646. The first-order chi connectivity index (χ1) is 16.9. The molecule has 0 radical (unpaired) electrons. The highest BCUT2D eigenvalue weighted by molar-refractivity contribution is 5.90. The van der Waals surface area contributed by atoms with E-state index in [1.54, 1.807) is 36.4 Å². The van der Waals surface area contributed by atoms with Gasteiger partial charge in [0.05, 0.1) is 23.2 Å². The van der Waals surface area contributed by atoms with Crippen molar-refractivity contribution in [2.75, 3.05) is 6.54 Å². The minimum atomic E-state index is -2.67. The predicted octanol–water partition coefficient (Wildman–Crippen LogP) is 2.87. The second kappa shape index (κ2) is 7.82. The van der Waals surface area contributed by atoms with Crippen molar-refractivity contribution in [3.8, 4) is 11.6 Å². The molecule has 5 aromatic heterocycles. The fourth-order valence-corrected chi connectivity index (χ4v) is 4.37. The molecule has 0 aliphatic carbocycles. The largest absolute Gasteiger partial charge is 0.411 e. The zero-order valence-corrected chi connectivity index (χ0v) is 18.7. The van der Waals surface area contributed by atoms with Gasteiger partial charge in [0.2, 0.25) is 0 Å². The summed E-state index contributed by atoms with van der Waals surface area (Å²) in [7, 11) is 1.79. The highest BCUT2D eigenvalue weighted by atomic mass is 19.3. The number of hydrogen-bond donors (Lipinski definition) is 1. The van der Waals surface area contributed by atoms with E-state index < -0.39 is 18.4 Å². The third kappa shape index (κ3) is 3.38. The summed E-state index contributed by atoms with van der Waals surface area (Å²) in [5, 5.41) is 16.7. The quantitative estimate of drug-likeness (QED) is 0.420. The lowest BCUT2D eigenvalue weighted by Gasteiger charge is -2.32. The van der Waals surface area contributed by atoms with E-state index in [0.717, 1.165) is 11.4 Å². The average Bonchev–Trinajstić information content (AvgIpc) is 3.63. The Labute approximate surface area is 196 Å². The maximum Gasteiger partial charge on any atom is 0.312 e. The molecule has 0 aromatic carbocycles. The van der Waals surface area contributed by atoms with Gasteiger partial charge in [-0.05, 0) is 31.2 Å². The lowest BCUT2D eigenvalue weighted by Crippen LogP contribution is -2.41. The van der Waals surface area contributed by atoms with E-state index in [0.29, 0.717) is 30.0 Å². The lowest BCUT2D eigenvalue weighted by atomic mass is 9.99. The van der Waals surface area contributed by atoms with Crippen molar-refractivity contribution in [3.63, 3.8) is 0 Å². The van der Waals surface area contributed by atoms with Gasteiger partial charge in [-0.1, -0.05) is 0 Å². The SMILES string of the molecule is Cc1cc(-c2nnc(C(=O)N3CCc4[nH]cnc4[C@H]3c3cc4c(C(F)F)cccn4n3)o2)nn1C. The molecule has 1 N–H and O–H groups in total. The van der Waals surface area contributed by atoms with Crippen molar-refractivity contribution >= 4 is 11.4 Å². The first-order valence-electron chi connectivity index (χ1n) is 10.8. The van der Waals surface area contributed by atoms with Crippen LogP contribution in [0.3, 0.4) is 0 Å². The molecule has 11 nitrogen and oxygen atoms in total. The van der Waals surface area contributed by atoms with E-state index >= 15 is 0 Å². The van der Waals surface area contributed by atoms with Crippen LogP contribution in [0.4, 0.5) is 8.78 Å². The van der Waals surface area contributed by atoms with E-state index in [1.165, 1.54) is 21.5 Å². The molecule has 6 heterocycles. The first-order valence-corrected chi connectivity index (χ1v) is 10.8. The highest BCUT2D eigenvalue weighted by Crippen LogP contribution is 2.35. The van der Waals surface area contributed by atoms with E-state index in [2.05, 4.69) is 30.4 Å². The van der Waals surface area contributed by atoms with Crippen molar-refractivity contribution in [1.82, 2.24) is 44.5 Å². The Morgan fingerprint density at radius 1 is 1.26 bits per heavy atom. The summed E-state index contributed by atoms with van der Waals surface area (Å²) < 4.78 is 35.9. The Morgan fingerprint density at radius 2 is 2.11 bits per heavy atom. The second-order valence-electron chi connectivity index (χ2n) is 8.29. The molecule has 13 heteroatoms. The van der Waals surface area contributed by atoms with E-state index in [4.69, 9.17) is 4.42 Å². The summed E-state index contributed by atoms with van der Waals surface area (Å²) >= 11 is 0. The third-order valence-electron chi connectivity index (χ3n) is 6.20. The number of pyridine rings is 1. The molecule has 0 spiro atoms. The molecule has 5 aromatic rings. The number of hydrogen-bond acceptors (Lipinski definition) is 7. The van der Waals surface area contributed by atoms with Gasteiger partial charge in [0.15, 0.2) is 0 Å². The van der Waals surface area contributed by atoms with Crippen molar-refractivity contribution < 1.29 is 18.0 Å². The maximum atomic E-state index is 13.6. The maximum absolute atomic E-state index is 13.6. The molecular weight excluding hydrogens is 460 g/mol. The number of carbonyl (C=O) groups is 1. The summed E-state index contributed by atoms with van der Waals surface area (Å²) in [5.41, 5.74) is 3.31. The van der Waals surface area contributed by atoms with Gasteiger partial charge >= 0.3 is 11.8 Å². The number of rotatable bonds is 4. The van der Waals surface area contributed by atoms with Gasteiger partial charge in [-0.15, -0.1) is 10.2 Å². The van der Waals surface area contributed by atoms with E-state index in [9.17, 15) is 13.6 Å². The van der Waals surface area contributed by atoms with Crippen LogP contribution in [0.2, 0.25) is 0 Å². The normalized spacial score (nSPS) is 15.8. The first kappa shape index (κ1) is 21.1. The number of carbonyl (C=O) groups excluding carboxylic acids is 1. The fraction of sp³-hybridized carbons (Fsp3) is 0.273. The van der Waals surface area contributed by atoms with Crippen LogP contribution in [0.15, 0.2) is 41.2 Å². The Bertz CT molecular complexity index is 1540. The standard InChI is InChI=1S/C22H19F2N9O2/c1-11-8-15(29-31(11)2)20-27-28-21(35-20)22(34)32-7-5-13-17(26-10-25-13)18(32)14-9-16-12(19(23)24)4-3-6-33(16)30-14/h3-4,6,8-10,18-19H,5,7H2,1-2H3,(H,25,26)/t18-/m1/s1. The average molecular weight is 479 g/mol. The number of imidazole rings is 1. The summed E-state index contributed by atoms with van der Waals surface area (Å²) in [4.78, 5) is 22.6. The highest BCUT2D eigenvalue weighted by Gasteiger charge is 2.38. The third-order valence-corrected chi connectivity index (χ3v) is 6.20. The molecule has 0 saturated carbocycles. The molecule has 1 aliphatic heterocycles. The smallest absolute Gasteiger partial charge is 0.312 e. The summed E-state index contributed by atoms with van der Waals surface area (Å²) in [5.74, 6) is -0.592. The van der Waals surface area contributed by atoms with Crippen LogP contribution in [-0.2, 0) is 13.5 Å². The zero-order chi connectivity index (χ0) is 24.3. The van der Waals surface area contributed by atoms with Gasteiger partial charge in [-0.3, -0.25) is 9.48 Å². The second-order valence-corrected chi connectivity index (χ2v) is 8.29. The molecule has 178 valence electrons. The molecule has 0 bridgehead atoms. The topological polar surface area (TPSA) is 123 Å². The Kier molecular flexibility index (Phi) is 4.72. The minimum Gasteiger partial charge on any atom is -0.411 e. The summed E-state index contributed by atoms with van der Waals surface area (Å²) in [6, 6.07) is 5.48. The zero-order valence-electron chi connectivity index (χ0n) is 18.7. The molecule has 35 heavy (non-hydrogen) atoms. The van der Waals surface area contributed by atoms with Crippen LogP contribution in [-0.4, -0.2) is 56.9 Å². The number of aromatic amines is 1. The number of aromatic nitrogens is 8. The molecule has 0 saturated heterocycles. The van der Waals surface area contributed by atoms with Crippen LogP contribution in [0.5, 0.6) is 0 Å². The van der Waals surface area contributed by atoms with Gasteiger partial charge in [0.25, 0.3) is 12.3 Å². The van der Waals surface area contributed by atoms with Crippen molar-refractivity contribution in [2.24, 2.45) is 7.05 Å². The number of alkyl halides is 2. The molecule has 0 fully saturated rings. The van der Waals surface area contributed by atoms with Crippen LogP contribution in [0.25, 0.3) is 17.1 Å². The van der Waals surface area contributed by atoms with Crippen LogP contribution < -0.4 is 0 Å². The van der Waals surface area contributed by atoms with E-state index in [-0.39, 0.29) is 22.9 Å². The molecule has 1 amide bonds. The van der Waals surface area contributed by atoms with Crippen molar-refractivity contribution in [1.29, 1.82) is 0 Å². The van der Waals surface area contributed by atoms with Crippen LogP contribution in [0.1, 0.15) is 51.5 Å². The Balaban J connectivity index is 1.41. The Morgan fingerprint density at radius 3 is 2.89 bits per heavy atom. The monoisotopic (exact) mass is 479 g/mol. The summed E-state index contributed by atoms with van der Waals surface area (Å²) in [6.45, 7) is 2.20. The number of nitrogens with zero attached hydrogens (tertiary/aromatic N) is 8. The van der Waals surface area contributed by atoms with Gasteiger partial charge in [-0.25, -0.2) is 18.3 Å².